The number of aliphatic hydroxyl groups excluding tert-OH is 1. The fourth-order valence-electron chi connectivity index (χ4n) is 2.07. The zero-order chi connectivity index (χ0) is 13.7. The van der Waals surface area contributed by atoms with E-state index in [2.05, 4.69) is 0 Å². The maximum Gasteiger partial charge on any atom is 0.126 e. The summed E-state index contributed by atoms with van der Waals surface area (Å²) in [5.41, 5.74) is 2.20. The van der Waals surface area contributed by atoms with Crippen LogP contribution in [-0.4, -0.2) is 11.2 Å². The predicted octanol–water partition coefficient (Wildman–Crippen LogP) is 3.89. The van der Waals surface area contributed by atoms with Crippen molar-refractivity contribution in [2.75, 3.05) is 0 Å². The molecule has 0 aromatic heterocycles. The highest BCUT2D eigenvalue weighted by Crippen LogP contribution is 2.28. The number of aliphatic hydroxyl groups is 1. The van der Waals surface area contributed by atoms with Crippen LogP contribution >= 0.6 is 0 Å². The largest absolute Gasteiger partial charge is 0.485 e. The lowest BCUT2D eigenvalue weighted by molar-refractivity contribution is 0.105. The average molecular weight is 256 g/mol. The van der Waals surface area contributed by atoms with Crippen LogP contribution in [-0.2, 0) is 0 Å². The van der Waals surface area contributed by atoms with E-state index in [1.54, 1.807) is 6.92 Å². The van der Waals surface area contributed by atoms with Gasteiger partial charge in [-0.3, -0.25) is 0 Å². The molecule has 0 amide bonds. The molecule has 0 radical (unpaired) electrons. The standard InChI is InChI=1S/C17H20O2/c1-13-8-6-7-11-16(13)19-17(12-14(2)18)15-9-4-3-5-10-15/h3-11,14,17-18H,12H2,1-2H3. The summed E-state index contributed by atoms with van der Waals surface area (Å²) in [4.78, 5) is 0. The van der Waals surface area contributed by atoms with Gasteiger partial charge in [-0.1, -0.05) is 48.5 Å². The molecule has 0 aliphatic carbocycles. The number of rotatable bonds is 5. The molecule has 0 aliphatic rings. The highest BCUT2D eigenvalue weighted by molar-refractivity contribution is 5.33. The predicted molar refractivity (Wildman–Crippen MR) is 77.3 cm³/mol. The van der Waals surface area contributed by atoms with Gasteiger partial charge in [0, 0.05) is 6.42 Å². The molecule has 100 valence electrons. The summed E-state index contributed by atoms with van der Waals surface area (Å²) in [5, 5.41) is 9.65. The van der Waals surface area contributed by atoms with Crippen LogP contribution in [0.1, 0.15) is 30.6 Å². The van der Waals surface area contributed by atoms with E-state index in [9.17, 15) is 5.11 Å². The normalized spacial score (nSPS) is 13.8. The number of aryl methyl sites for hydroxylation is 1. The third kappa shape index (κ3) is 3.83. The van der Waals surface area contributed by atoms with Crippen molar-refractivity contribution in [2.45, 2.75) is 32.5 Å². The topological polar surface area (TPSA) is 29.5 Å². The highest BCUT2D eigenvalue weighted by Gasteiger charge is 2.16. The van der Waals surface area contributed by atoms with Gasteiger partial charge in [-0.25, -0.2) is 0 Å². The van der Waals surface area contributed by atoms with Crippen LogP contribution in [0.2, 0.25) is 0 Å². The lowest BCUT2D eigenvalue weighted by Crippen LogP contribution is -2.14. The Morgan fingerprint density at radius 2 is 1.63 bits per heavy atom. The molecule has 2 rings (SSSR count). The first-order chi connectivity index (χ1) is 9.16. The van der Waals surface area contributed by atoms with E-state index < -0.39 is 6.10 Å². The summed E-state index contributed by atoms with van der Waals surface area (Å²) in [6.45, 7) is 3.82. The number of hydrogen-bond acceptors (Lipinski definition) is 2. The van der Waals surface area contributed by atoms with Gasteiger partial charge < -0.3 is 9.84 Å². The minimum atomic E-state index is -0.394. The molecule has 2 heteroatoms. The highest BCUT2D eigenvalue weighted by atomic mass is 16.5. The molecule has 2 unspecified atom stereocenters. The second kappa shape index (κ2) is 6.39. The van der Waals surface area contributed by atoms with Crippen LogP contribution in [0.15, 0.2) is 54.6 Å². The third-order valence-corrected chi connectivity index (χ3v) is 3.09. The molecular formula is C17H20O2. The monoisotopic (exact) mass is 256 g/mol. The van der Waals surface area contributed by atoms with Crippen LogP contribution in [0, 0.1) is 6.92 Å². The fraction of sp³-hybridized carbons (Fsp3) is 0.294. The van der Waals surface area contributed by atoms with Crippen molar-refractivity contribution in [1.29, 1.82) is 0 Å². The van der Waals surface area contributed by atoms with Gasteiger partial charge in [0.15, 0.2) is 0 Å². The van der Waals surface area contributed by atoms with Gasteiger partial charge in [-0.05, 0) is 31.0 Å². The smallest absolute Gasteiger partial charge is 0.126 e. The van der Waals surface area contributed by atoms with Gasteiger partial charge >= 0.3 is 0 Å². The molecule has 0 heterocycles. The maximum atomic E-state index is 9.65. The van der Waals surface area contributed by atoms with Crippen molar-refractivity contribution in [3.05, 3.63) is 65.7 Å². The molecule has 2 aromatic rings. The molecule has 0 bridgehead atoms. The summed E-state index contributed by atoms with van der Waals surface area (Å²) in [5.74, 6) is 0.872. The van der Waals surface area contributed by atoms with Crippen molar-refractivity contribution in [3.8, 4) is 5.75 Å². The quantitative estimate of drug-likeness (QED) is 0.879. The molecule has 0 saturated heterocycles. The lowest BCUT2D eigenvalue weighted by Gasteiger charge is -2.22. The summed E-state index contributed by atoms with van der Waals surface area (Å²) < 4.78 is 6.08. The van der Waals surface area contributed by atoms with E-state index in [1.165, 1.54) is 0 Å². The van der Waals surface area contributed by atoms with Crippen molar-refractivity contribution in [2.24, 2.45) is 0 Å². The van der Waals surface area contributed by atoms with Crippen molar-refractivity contribution >= 4 is 0 Å². The van der Waals surface area contributed by atoms with Gasteiger partial charge in [0.05, 0.1) is 6.10 Å². The summed E-state index contributed by atoms with van der Waals surface area (Å²) >= 11 is 0. The molecule has 0 fully saturated rings. The SMILES string of the molecule is Cc1ccccc1OC(CC(C)O)c1ccccc1. The van der Waals surface area contributed by atoms with E-state index >= 15 is 0 Å². The van der Waals surface area contributed by atoms with Gasteiger partial charge in [-0.15, -0.1) is 0 Å². The van der Waals surface area contributed by atoms with E-state index in [0.29, 0.717) is 6.42 Å². The second-order valence-electron chi connectivity index (χ2n) is 4.87. The number of hydrogen-bond donors (Lipinski definition) is 1. The number of para-hydroxylation sites is 1. The van der Waals surface area contributed by atoms with Crippen LogP contribution < -0.4 is 4.74 Å². The zero-order valence-electron chi connectivity index (χ0n) is 11.4. The Balaban J connectivity index is 2.22. The third-order valence-electron chi connectivity index (χ3n) is 3.09. The fourth-order valence-corrected chi connectivity index (χ4v) is 2.07. The van der Waals surface area contributed by atoms with E-state index in [-0.39, 0.29) is 6.10 Å². The van der Waals surface area contributed by atoms with Crippen LogP contribution in [0.4, 0.5) is 0 Å². The Bertz CT molecular complexity index is 506. The van der Waals surface area contributed by atoms with Crippen molar-refractivity contribution in [1.82, 2.24) is 0 Å². The molecule has 2 nitrogen and oxygen atoms in total. The van der Waals surface area contributed by atoms with Crippen molar-refractivity contribution < 1.29 is 9.84 Å². The van der Waals surface area contributed by atoms with E-state index in [4.69, 9.17) is 4.74 Å². The summed E-state index contributed by atoms with van der Waals surface area (Å²) in [7, 11) is 0. The van der Waals surface area contributed by atoms with Crippen LogP contribution in [0.3, 0.4) is 0 Å². The summed E-state index contributed by atoms with van der Waals surface area (Å²) in [6.07, 6.45) is 0.0646. The summed E-state index contributed by atoms with van der Waals surface area (Å²) in [6, 6.07) is 18.0. The molecule has 2 atom stereocenters. The Morgan fingerprint density at radius 3 is 2.26 bits per heavy atom. The first-order valence-electron chi connectivity index (χ1n) is 6.62. The lowest BCUT2D eigenvalue weighted by atomic mass is 10.0. The van der Waals surface area contributed by atoms with Gasteiger partial charge in [0.1, 0.15) is 11.9 Å². The zero-order valence-corrected chi connectivity index (χ0v) is 11.4. The van der Waals surface area contributed by atoms with Gasteiger partial charge in [-0.2, -0.15) is 0 Å². The minimum absolute atomic E-state index is 0.123. The molecule has 0 saturated carbocycles. The second-order valence-corrected chi connectivity index (χ2v) is 4.87. The Morgan fingerprint density at radius 1 is 1.00 bits per heavy atom. The number of ether oxygens (including phenoxy) is 1. The molecule has 19 heavy (non-hydrogen) atoms. The van der Waals surface area contributed by atoms with Crippen LogP contribution in [0.5, 0.6) is 5.75 Å². The van der Waals surface area contributed by atoms with Crippen molar-refractivity contribution in [3.63, 3.8) is 0 Å². The Labute approximate surface area is 114 Å². The Hall–Kier alpha value is -1.80. The van der Waals surface area contributed by atoms with Crippen LogP contribution in [0.25, 0.3) is 0 Å². The van der Waals surface area contributed by atoms with E-state index in [0.717, 1.165) is 16.9 Å². The molecule has 2 aromatic carbocycles. The van der Waals surface area contributed by atoms with Gasteiger partial charge in [0.2, 0.25) is 0 Å². The average Bonchev–Trinajstić information content (AvgIpc) is 2.41. The number of benzene rings is 2. The first-order valence-corrected chi connectivity index (χ1v) is 6.62. The van der Waals surface area contributed by atoms with E-state index in [1.807, 2.05) is 61.5 Å². The minimum Gasteiger partial charge on any atom is -0.485 e. The molecule has 0 spiro atoms. The molecular weight excluding hydrogens is 236 g/mol. The van der Waals surface area contributed by atoms with Gasteiger partial charge in [0.25, 0.3) is 0 Å². The Kier molecular flexibility index (Phi) is 4.58. The molecule has 0 aliphatic heterocycles. The maximum absolute atomic E-state index is 9.65. The first kappa shape index (κ1) is 13.6. The molecule has 1 N–H and O–H groups in total.